The Bertz CT molecular complexity index is 942. The summed E-state index contributed by atoms with van der Waals surface area (Å²) in [5.41, 5.74) is 3.88. The zero-order chi connectivity index (χ0) is 19.1. The van der Waals surface area contributed by atoms with Crippen molar-refractivity contribution in [3.05, 3.63) is 71.5 Å². The predicted octanol–water partition coefficient (Wildman–Crippen LogP) is 2.73. The summed E-state index contributed by atoms with van der Waals surface area (Å²) in [6.07, 6.45) is 0.405. The monoisotopic (exact) mass is 363 g/mol. The minimum Gasteiger partial charge on any atom is -0.459 e. The number of aromatic nitrogens is 2. The molecule has 6 nitrogen and oxygen atoms in total. The van der Waals surface area contributed by atoms with E-state index in [4.69, 9.17) is 4.74 Å². The number of aryl methyl sites for hydroxylation is 1. The highest BCUT2D eigenvalue weighted by molar-refractivity contribution is 5.79. The molecule has 0 saturated carbocycles. The number of carbonyl (C=O) groups is 2. The van der Waals surface area contributed by atoms with E-state index in [-0.39, 0.29) is 31.4 Å². The third kappa shape index (κ3) is 5.34. The summed E-state index contributed by atoms with van der Waals surface area (Å²) in [6.45, 7) is 2.15. The van der Waals surface area contributed by atoms with Gasteiger partial charge in [0.15, 0.2) is 0 Å². The Balaban J connectivity index is 1.43. The van der Waals surface area contributed by atoms with Crippen molar-refractivity contribution >= 4 is 22.9 Å². The van der Waals surface area contributed by atoms with Crippen LogP contribution in [-0.4, -0.2) is 28.4 Å². The number of esters is 1. The van der Waals surface area contributed by atoms with Gasteiger partial charge in [0.05, 0.1) is 35.3 Å². The van der Waals surface area contributed by atoms with Crippen LogP contribution in [0.3, 0.4) is 0 Å². The summed E-state index contributed by atoms with van der Waals surface area (Å²) in [5, 5.41) is 2.73. The zero-order valence-electron chi connectivity index (χ0n) is 15.1. The maximum absolute atomic E-state index is 11.9. The molecule has 0 atom stereocenters. The third-order valence-electron chi connectivity index (χ3n) is 4.07. The van der Waals surface area contributed by atoms with Crippen LogP contribution in [0.2, 0.25) is 0 Å². The molecule has 1 aromatic heterocycles. The predicted molar refractivity (Wildman–Crippen MR) is 102 cm³/mol. The SMILES string of the molecule is Cc1nc2ccccc2nc1COC(=O)CCNC(=O)Cc1ccccc1. The number of para-hydroxylation sites is 2. The molecule has 0 aliphatic rings. The van der Waals surface area contributed by atoms with E-state index in [0.717, 1.165) is 22.3 Å². The van der Waals surface area contributed by atoms with Crippen molar-refractivity contribution < 1.29 is 14.3 Å². The van der Waals surface area contributed by atoms with Crippen LogP contribution >= 0.6 is 0 Å². The smallest absolute Gasteiger partial charge is 0.307 e. The average molecular weight is 363 g/mol. The number of rotatable bonds is 7. The Morgan fingerprint density at radius 2 is 1.63 bits per heavy atom. The van der Waals surface area contributed by atoms with Crippen LogP contribution in [0.15, 0.2) is 54.6 Å². The van der Waals surface area contributed by atoms with Gasteiger partial charge in [0, 0.05) is 6.54 Å². The molecule has 1 amide bonds. The maximum Gasteiger partial charge on any atom is 0.307 e. The van der Waals surface area contributed by atoms with E-state index >= 15 is 0 Å². The molecule has 3 rings (SSSR count). The number of nitrogens with one attached hydrogen (secondary N) is 1. The van der Waals surface area contributed by atoms with E-state index in [1.54, 1.807) is 0 Å². The third-order valence-corrected chi connectivity index (χ3v) is 4.07. The Hall–Kier alpha value is -3.28. The Morgan fingerprint density at radius 1 is 0.963 bits per heavy atom. The lowest BCUT2D eigenvalue weighted by atomic mass is 10.1. The zero-order valence-corrected chi connectivity index (χ0v) is 15.1. The molecule has 1 N–H and O–H groups in total. The van der Waals surface area contributed by atoms with Crippen molar-refractivity contribution in [2.24, 2.45) is 0 Å². The van der Waals surface area contributed by atoms with Crippen molar-refractivity contribution in [3.8, 4) is 0 Å². The summed E-state index contributed by atoms with van der Waals surface area (Å²) in [5.74, 6) is -0.505. The van der Waals surface area contributed by atoms with Crippen LogP contribution in [0.25, 0.3) is 11.0 Å². The fraction of sp³-hybridized carbons (Fsp3) is 0.238. The molecule has 0 aliphatic carbocycles. The average Bonchev–Trinajstić information content (AvgIpc) is 2.67. The Kier molecular flexibility index (Phi) is 6.10. The van der Waals surface area contributed by atoms with Crippen LogP contribution in [0.5, 0.6) is 0 Å². The minimum absolute atomic E-state index is 0.0699. The number of nitrogens with zero attached hydrogens (tertiary/aromatic N) is 2. The minimum atomic E-state index is -0.385. The van der Waals surface area contributed by atoms with Crippen molar-refractivity contribution in [2.75, 3.05) is 6.54 Å². The van der Waals surface area contributed by atoms with Crippen molar-refractivity contribution in [3.63, 3.8) is 0 Å². The lowest BCUT2D eigenvalue weighted by Gasteiger charge is -2.08. The molecule has 1 heterocycles. The molecule has 0 aliphatic heterocycles. The van der Waals surface area contributed by atoms with E-state index in [0.29, 0.717) is 12.1 Å². The van der Waals surface area contributed by atoms with Gasteiger partial charge in [-0.15, -0.1) is 0 Å². The first-order valence-electron chi connectivity index (χ1n) is 8.80. The Labute approximate surface area is 157 Å². The van der Waals surface area contributed by atoms with E-state index < -0.39 is 0 Å². The first-order chi connectivity index (χ1) is 13.1. The highest BCUT2D eigenvalue weighted by Gasteiger charge is 2.10. The standard InChI is InChI=1S/C21H21N3O3/c1-15-19(24-18-10-6-5-9-17(18)23-15)14-27-21(26)11-12-22-20(25)13-16-7-3-2-4-8-16/h2-10H,11-14H2,1H3,(H,22,25). The number of hydrogen-bond donors (Lipinski definition) is 1. The Morgan fingerprint density at radius 3 is 2.37 bits per heavy atom. The highest BCUT2D eigenvalue weighted by atomic mass is 16.5. The van der Waals surface area contributed by atoms with Crippen LogP contribution < -0.4 is 5.32 Å². The summed E-state index contributed by atoms with van der Waals surface area (Å²) >= 11 is 0. The van der Waals surface area contributed by atoms with E-state index in [2.05, 4.69) is 15.3 Å². The van der Waals surface area contributed by atoms with E-state index in [1.165, 1.54) is 0 Å². The number of hydrogen-bond acceptors (Lipinski definition) is 5. The van der Waals surface area contributed by atoms with Gasteiger partial charge in [0.1, 0.15) is 6.61 Å². The van der Waals surface area contributed by atoms with Crippen molar-refractivity contribution in [1.29, 1.82) is 0 Å². The van der Waals surface area contributed by atoms with Gasteiger partial charge in [-0.2, -0.15) is 0 Å². The first kappa shape index (κ1) is 18.5. The fourth-order valence-electron chi connectivity index (χ4n) is 2.63. The van der Waals surface area contributed by atoms with Crippen LogP contribution in [0, 0.1) is 6.92 Å². The summed E-state index contributed by atoms with van der Waals surface area (Å²) < 4.78 is 5.27. The van der Waals surface area contributed by atoms with Gasteiger partial charge in [0.25, 0.3) is 0 Å². The topological polar surface area (TPSA) is 81.2 Å². The van der Waals surface area contributed by atoms with Gasteiger partial charge in [0.2, 0.25) is 5.91 Å². The van der Waals surface area contributed by atoms with Crippen molar-refractivity contribution in [2.45, 2.75) is 26.4 Å². The van der Waals surface area contributed by atoms with E-state index in [1.807, 2.05) is 61.5 Å². The number of benzene rings is 2. The second-order valence-corrected chi connectivity index (χ2v) is 6.17. The summed E-state index contributed by atoms with van der Waals surface area (Å²) in [7, 11) is 0. The van der Waals surface area contributed by atoms with Gasteiger partial charge in [-0.3, -0.25) is 9.59 Å². The second kappa shape index (κ2) is 8.89. The van der Waals surface area contributed by atoms with Gasteiger partial charge in [-0.1, -0.05) is 42.5 Å². The first-order valence-corrected chi connectivity index (χ1v) is 8.80. The summed E-state index contributed by atoms with van der Waals surface area (Å²) in [6, 6.07) is 17.0. The molecule has 0 bridgehead atoms. The number of carbonyl (C=O) groups excluding carboxylic acids is 2. The quantitative estimate of drug-likeness (QED) is 0.653. The highest BCUT2D eigenvalue weighted by Crippen LogP contribution is 2.13. The van der Waals surface area contributed by atoms with Crippen molar-refractivity contribution in [1.82, 2.24) is 15.3 Å². The molecule has 27 heavy (non-hydrogen) atoms. The molecule has 3 aromatic rings. The molecule has 0 radical (unpaired) electrons. The largest absolute Gasteiger partial charge is 0.459 e. The van der Waals surface area contributed by atoms with E-state index in [9.17, 15) is 9.59 Å². The molecule has 2 aromatic carbocycles. The molecule has 6 heteroatoms. The number of fused-ring (bicyclic) bond motifs is 1. The number of amides is 1. The van der Waals surface area contributed by atoms with Crippen LogP contribution in [-0.2, 0) is 27.4 Å². The van der Waals surface area contributed by atoms with Gasteiger partial charge >= 0.3 is 5.97 Å². The molecular weight excluding hydrogens is 342 g/mol. The molecule has 0 spiro atoms. The van der Waals surface area contributed by atoms with Gasteiger partial charge in [-0.05, 0) is 24.6 Å². The van der Waals surface area contributed by atoms with Crippen LogP contribution in [0.1, 0.15) is 23.4 Å². The molecule has 0 saturated heterocycles. The van der Waals surface area contributed by atoms with Gasteiger partial charge < -0.3 is 10.1 Å². The molecular formula is C21H21N3O3. The normalized spacial score (nSPS) is 10.6. The lowest BCUT2D eigenvalue weighted by Crippen LogP contribution is -2.27. The fourth-order valence-corrected chi connectivity index (χ4v) is 2.63. The molecule has 0 unspecified atom stereocenters. The summed E-state index contributed by atoms with van der Waals surface area (Å²) in [4.78, 5) is 32.7. The van der Waals surface area contributed by atoms with Gasteiger partial charge in [-0.25, -0.2) is 9.97 Å². The molecule has 0 fully saturated rings. The second-order valence-electron chi connectivity index (χ2n) is 6.17. The number of ether oxygens (including phenoxy) is 1. The molecule has 138 valence electrons. The maximum atomic E-state index is 11.9. The van der Waals surface area contributed by atoms with Crippen LogP contribution in [0.4, 0.5) is 0 Å². The lowest BCUT2D eigenvalue weighted by molar-refractivity contribution is -0.145.